The molecule has 0 aromatic heterocycles. The van der Waals surface area contributed by atoms with Gasteiger partial charge in [0, 0.05) is 16.9 Å². The number of nitrogens with one attached hydrogen (secondary N) is 1. The number of hydrogen-bond acceptors (Lipinski definition) is 3. The Hall–Kier alpha value is -1.36. The molecule has 1 aromatic rings. The van der Waals surface area contributed by atoms with E-state index in [1.165, 1.54) is 0 Å². The molecule has 1 aliphatic carbocycles. The van der Waals surface area contributed by atoms with Crippen LogP contribution in [0.25, 0.3) is 0 Å². The van der Waals surface area contributed by atoms with Crippen LogP contribution in [0.2, 0.25) is 0 Å². The Bertz CT molecular complexity index is 595. The highest BCUT2D eigenvalue weighted by atomic mass is 79.9. The lowest BCUT2D eigenvalue weighted by Crippen LogP contribution is -2.53. The second-order valence-corrected chi connectivity index (χ2v) is 6.97. The summed E-state index contributed by atoms with van der Waals surface area (Å²) in [5, 5.41) is 3.03. The maximum atomic E-state index is 12.5. The number of cyclic esters (lactones) is 1. The van der Waals surface area contributed by atoms with Crippen LogP contribution < -0.4 is 5.32 Å². The van der Waals surface area contributed by atoms with Crippen molar-refractivity contribution in [1.82, 2.24) is 5.32 Å². The first-order valence-electron chi connectivity index (χ1n) is 7.31. The number of amides is 1. The van der Waals surface area contributed by atoms with Crippen molar-refractivity contribution in [2.45, 2.75) is 50.7 Å². The van der Waals surface area contributed by atoms with Crippen molar-refractivity contribution in [1.29, 1.82) is 0 Å². The molecule has 1 aromatic carbocycles. The van der Waals surface area contributed by atoms with Gasteiger partial charge in [0.2, 0.25) is 0 Å². The van der Waals surface area contributed by atoms with Crippen molar-refractivity contribution in [2.24, 2.45) is 0 Å². The number of rotatable bonds is 2. The molecule has 1 aliphatic heterocycles. The Kier molecular flexibility index (Phi) is 3.78. The number of carbonyl (C=O) groups excluding carboxylic acids is 2. The van der Waals surface area contributed by atoms with Crippen molar-refractivity contribution in [3.63, 3.8) is 0 Å². The second-order valence-electron chi connectivity index (χ2n) is 6.05. The van der Waals surface area contributed by atoms with Crippen LogP contribution in [0.3, 0.4) is 0 Å². The highest BCUT2D eigenvalue weighted by Crippen LogP contribution is 2.31. The quantitative estimate of drug-likeness (QED) is 0.833. The lowest BCUT2D eigenvalue weighted by molar-refractivity contribution is -0.140. The molecular weight excluding hydrogens is 334 g/mol. The molecule has 2 aliphatic rings. The molecule has 0 spiro atoms. The van der Waals surface area contributed by atoms with Gasteiger partial charge in [-0.3, -0.25) is 4.79 Å². The fourth-order valence-corrected chi connectivity index (χ4v) is 3.45. The molecule has 0 bridgehead atoms. The highest BCUT2D eigenvalue weighted by Gasteiger charge is 2.43. The van der Waals surface area contributed by atoms with E-state index in [1.54, 1.807) is 13.0 Å². The Morgan fingerprint density at radius 3 is 2.81 bits per heavy atom. The van der Waals surface area contributed by atoms with Crippen LogP contribution in [0.1, 0.15) is 48.5 Å². The fourth-order valence-electron chi connectivity index (χ4n) is 3.09. The van der Waals surface area contributed by atoms with E-state index in [0.29, 0.717) is 12.0 Å². The third-order valence-corrected chi connectivity index (χ3v) is 4.80. The highest BCUT2D eigenvalue weighted by molar-refractivity contribution is 9.10. The van der Waals surface area contributed by atoms with Gasteiger partial charge in [-0.05, 0) is 37.5 Å². The van der Waals surface area contributed by atoms with Crippen molar-refractivity contribution in [3.8, 4) is 0 Å². The average molecular weight is 352 g/mol. The van der Waals surface area contributed by atoms with Gasteiger partial charge in [0.05, 0.1) is 5.56 Å². The van der Waals surface area contributed by atoms with E-state index in [9.17, 15) is 9.59 Å². The number of benzene rings is 1. The van der Waals surface area contributed by atoms with E-state index in [1.807, 2.05) is 12.1 Å². The van der Waals surface area contributed by atoms with Crippen molar-refractivity contribution >= 4 is 27.8 Å². The van der Waals surface area contributed by atoms with Crippen LogP contribution in [0.15, 0.2) is 22.7 Å². The monoisotopic (exact) mass is 351 g/mol. The van der Waals surface area contributed by atoms with E-state index in [4.69, 9.17) is 4.74 Å². The molecule has 1 heterocycles. The second kappa shape index (κ2) is 5.44. The summed E-state index contributed by atoms with van der Waals surface area (Å²) < 4.78 is 6.29. The van der Waals surface area contributed by atoms with Gasteiger partial charge in [-0.2, -0.15) is 0 Å². The number of esters is 1. The largest absolute Gasteiger partial charge is 0.445 e. The third-order valence-electron chi connectivity index (χ3n) is 4.31. The molecule has 4 nitrogen and oxygen atoms in total. The van der Waals surface area contributed by atoms with E-state index in [-0.39, 0.29) is 11.9 Å². The summed E-state index contributed by atoms with van der Waals surface area (Å²) in [6.45, 7) is 1.69. The van der Waals surface area contributed by atoms with Crippen LogP contribution >= 0.6 is 15.9 Å². The van der Waals surface area contributed by atoms with Gasteiger partial charge in [0.1, 0.15) is 0 Å². The predicted molar refractivity (Wildman–Crippen MR) is 82.1 cm³/mol. The van der Waals surface area contributed by atoms with E-state index >= 15 is 0 Å². The number of halogens is 1. The Balaban J connectivity index is 1.81. The average Bonchev–Trinajstić information content (AvgIpc) is 2.92. The standard InChI is InChI=1S/C16H18BrNO3/c1-16(15(20)18-12-4-2-3-5-12)9-10-6-7-11(17)8-13(10)14(19)21-16/h6-8,12H,2-5,9H2,1H3,(H,18,20)/t16-/m0/s1. The van der Waals surface area contributed by atoms with Gasteiger partial charge in [-0.15, -0.1) is 0 Å². The Morgan fingerprint density at radius 2 is 2.10 bits per heavy atom. The molecule has 1 fully saturated rings. The summed E-state index contributed by atoms with van der Waals surface area (Å²) >= 11 is 3.35. The van der Waals surface area contributed by atoms with Gasteiger partial charge in [0.15, 0.2) is 5.60 Å². The summed E-state index contributed by atoms with van der Waals surface area (Å²) in [7, 11) is 0. The molecule has 1 amide bonds. The summed E-state index contributed by atoms with van der Waals surface area (Å²) in [5.41, 5.74) is 0.287. The molecule has 1 saturated carbocycles. The maximum absolute atomic E-state index is 12.5. The Labute approximate surface area is 132 Å². The van der Waals surface area contributed by atoms with Crippen molar-refractivity contribution < 1.29 is 14.3 Å². The van der Waals surface area contributed by atoms with Crippen LogP contribution in [0.4, 0.5) is 0 Å². The fraction of sp³-hybridized carbons (Fsp3) is 0.500. The normalized spacial score (nSPS) is 25.3. The molecule has 5 heteroatoms. The first-order chi connectivity index (χ1) is 9.98. The van der Waals surface area contributed by atoms with Crippen LogP contribution in [0.5, 0.6) is 0 Å². The van der Waals surface area contributed by atoms with Gasteiger partial charge >= 0.3 is 5.97 Å². The minimum Gasteiger partial charge on any atom is -0.445 e. The molecule has 112 valence electrons. The van der Waals surface area contributed by atoms with Crippen LogP contribution in [0, 0.1) is 0 Å². The van der Waals surface area contributed by atoms with Crippen molar-refractivity contribution in [3.05, 3.63) is 33.8 Å². The molecule has 1 N–H and O–H groups in total. The summed E-state index contributed by atoms with van der Waals surface area (Å²) in [6, 6.07) is 5.72. The topological polar surface area (TPSA) is 55.4 Å². The summed E-state index contributed by atoms with van der Waals surface area (Å²) in [5.74, 6) is -0.613. The molecular formula is C16H18BrNO3. The lowest BCUT2D eigenvalue weighted by Gasteiger charge is -2.34. The summed E-state index contributed by atoms with van der Waals surface area (Å²) in [4.78, 5) is 24.7. The van der Waals surface area contributed by atoms with E-state index in [0.717, 1.165) is 35.7 Å². The molecule has 0 unspecified atom stereocenters. The molecule has 0 saturated heterocycles. The SMILES string of the molecule is C[C@@]1(C(=O)NC2CCCC2)Cc2ccc(Br)cc2C(=O)O1. The van der Waals surface area contributed by atoms with Crippen molar-refractivity contribution in [2.75, 3.05) is 0 Å². The summed E-state index contributed by atoms with van der Waals surface area (Å²) in [6.07, 6.45) is 4.75. The van der Waals surface area contributed by atoms with Gasteiger partial charge in [0.25, 0.3) is 5.91 Å². The van der Waals surface area contributed by atoms with Gasteiger partial charge in [-0.25, -0.2) is 4.79 Å². The zero-order chi connectivity index (χ0) is 15.0. The predicted octanol–water partition coefficient (Wildman–Crippen LogP) is 2.98. The van der Waals surface area contributed by atoms with Gasteiger partial charge in [-0.1, -0.05) is 34.8 Å². The number of hydrogen-bond donors (Lipinski definition) is 1. The number of carbonyl (C=O) groups is 2. The van der Waals surface area contributed by atoms with Crippen LogP contribution in [-0.4, -0.2) is 23.5 Å². The van der Waals surface area contributed by atoms with Crippen LogP contribution in [-0.2, 0) is 16.0 Å². The lowest BCUT2D eigenvalue weighted by atomic mass is 9.89. The molecule has 1 atom stereocenters. The zero-order valence-electron chi connectivity index (χ0n) is 11.9. The third kappa shape index (κ3) is 2.84. The minimum atomic E-state index is -1.11. The van der Waals surface area contributed by atoms with Gasteiger partial charge < -0.3 is 10.1 Å². The smallest absolute Gasteiger partial charge is 0.339 e. The van der Waals surface area contributed by atoms with E-state index in [2.05, 4.69) is 21.2 Å². The maximum Gasteiger partial charge on any atom is 0.339 e. The molecule has 3 rings (SSSR count). The van der Waals surface area contributed by atoms with E-state index < -0.39 is 11.6 Å². The molecule has 21 heavy (non-hydrogen) atoms. The first kappa shape index (κ1) is 14.6. The number of ether oxygens (including phenoxy) is 1. The Morgan fingerprint density at radius 1 is 1.38 bits per heavy atom. The zero-order valence-corrected chi connectivity index (χ0v) is 13.5. The number of fused-ring (bicyclic) bond motifs is 1. The first-order valence-corrected chi connectivity index (χ1v) is 8.10. The minimum absolute atomic E-state index is 0.184. The molecule has 0 radical (unpaired) electrons.